The molecule has 0 amide bonds. The summed E-state index contributed by atoms with van der Waals surface area (Å²) in [6.45, 7) is 0. The van der Waals surface area contributed by atoms with E-state index in [1.807, 2.05) is 60.7 Å². The number of rotatable bonds is 7. The van der Waals surface area contributed by atoms with Crippen LogP contribution in [-0.2, 0) is 16.3 Å². The normalized spacial score (nSPS) is 10.1. The SMILES string of the molecule is O=C(O)C=C(SCc1ccccc1)SCc1ccccc1. The molecule has 0 aromatic heterocycles. The molecule has 2 aromatic rings. The highest BCUT2D eigenvalue weighted by atomic mass is 32.2. The largest absolute Gasteiger partial charge is 0.478 e. The van der Waals surface area contributed by atoms with E-state index >= 15 is 0 Å². The fraction of sp³-hybridized carbons (Fsp3) is 0.118. The third kappa shape index (κ3) is 6.10. The predicted molar refractivity (Wildman–Crippen MR) is 91.2 cm³/mol. The van der Waals surface area contributed by atoms with Crippen molar-refractivity contribution in [2.45, 2.75) is 11.5 Å². The van der Waals surface area contributed by atoms with E-state index in [2.05, 4.69) is 0 Å². The first kappa shape index (κ1) is 15.7. The zero-order valence-corrected chi connectivity index (χ0v) is 13.1. The van der Waals surface area contributed by atoms with Crippen LogP contribution in [0, 0.1) is 0 Å². The van der Waals surface area contributed by atoms with E-state index in [9.17, 15) is 4.79 Å². The van der Waals surface area contributed by atoms with Gasteiger partial charge in [-0.05, 0) is 11.1 Å². The first-order valence-electron chi connectivity index (χ1n) is 6.52. The Labute approximate surface area is 133 Å². The molecular weight excluding hydrogens is 300 g/mol. The van der Waals surface area contributed by atoms with Crippen molar-refractivity contribution in [3.63, 3.8) is 0 Å². The number of carboxylic acids is 1. The van der Waals surface area contributed by atoms with Crippen LogP contribution in [0.1, 0.15) is 11.1 Å². The third-order valence-corrected chi connectivity index (χ3v) is 5.16. The minimum atomic E-state index is -0.897. The Hall–Kier alpha value is -1.65. The maximum atomic E-state index is 10.9. The van der Waals surface area contributed by atoms with Gasteiger partial charge in [0.25, 0.3) is 0 Å². The van der Waals surface area contributed by atoms with Gasteiger partial charge >= 0.3 is 5.97 Å². The van der Waals surface area contributed by atoms with Crippen LogP contribution in [0.5, 0.6) is 0 Å². The molecule has 0 aliphatic carbocycles. The Kier molecular flexibility index (Phi) is 6.44. The molecule has 2 aromatic carbocycles. The van der Waals surface area contributed by atoms with Gasteiger partial charge in [0, 0.05) is 21.8 Å². The van der Waals surface area contributed by atoms with Gasteiger partial charge in [-0.3, -0.25) is 0 Å². The van der Waals surface area contributed by atoms with Gasteiger partial charge in [0.15, 0.2) is 0 Å². The molecule has 21 heavy (non-hydrogen) atoms. The highest BCUT2D eigenvalue weighted by Gasteiger charge is 2.04. The van der Waals surface area contributed by atoms with Crippen LogP contribution < -0.4 is 0 Å². The number of carboxylic acid groups (broad SMARTS) is 1. The van der Waals surface area contributed by atoms with Gasteiger partial charge in [-0.15, -0.1) is 23.5 Å². The summed E-state index contributed by atoms with van der Waals surface area (Å²) in [7, 11) is 0. The van der Waals surface area contributed by atoms with E-state index in [1.165, 1.54) is 17.2 Å². The minimum absolute atomic E-state index is 0.780. The highest BCUT2D eigenvalue weighted by molar-refractivity contribution is 8.21. The summed E-state index contributed by atoms with van der Waals surface area (Å²) in [4.78, 5) is 10.9. The van der Waals surface area contributed by atoms with Crippen molar-refractivity contribution in [3.8, 4) is 0 Å². The first-order chi connectivity index (χ1) is 10.2. The number of thioether (sulfide) groups is 2. The Morgan fingerprint density at radius 2 is 1.29 bits per heavy atom. The maximum absolute atomic E-state index is 10.9. The van der Waals surface area contributed by atoms with E-state index in [4.69, 9.17) is 5.11 Å². The van der Waals surface area contributed by atoms with Crippen molar-refractivity contribution in [2.75, 3.05) is 0 Å². The van der Waals surface area contributed by atoms with E-state index in [-0.39, 0.29) is 0 Å². The standard InChI is InChI=1S/C17H16O2S2/c18-16(19)11-17(20-12-14-7-3-1-4-8-14)21-13-15-9-5-2-6-10-15/h1-11H,12-13H2,(H,18,19). The van der Waals surface area contributed by atoms with Crippen molar-refractivity contribution in [3.05, 3.63) is 82.1 Å². The van der Waals surface area contributed by atoms with Crippen LogP contribution in [0.25, 0.3) is 0 Å². The highest BCUT2D eigenvalue weighted by Crippen LogP contribution is 2.33. The molecule has 0 bridgehead atoms. The summed E-state index contributed by atoms with van der Waals surface area (Å²) in [5.74, 6) is 0.662. The van der Waals surface area contributed by atoms with Gasteiger partial charge < -0.3 is 5.11 Å². The van der Waals surface area contributed by atoms with Crippen molar-refractivity contribution < 1.29 is 9.90 Å². The summed E-state index contributed by atoms with van der Waals surface area (Å²) in [5, 5.41) is 8.98. The molecule has 2 rings (SSSR count). The predicted octanol–water partition coefficient (Wildman–Crippen LogP) is 4.78. The number of carbonyl (C=O) groups is 1. The molecule has 0 aliphatic heterocycles. The second-order valence-electron chi connectivity index (χ2n) is 4.35. The zero-order valence-electron chi connectivity index (χ0n) is 11.4. The summed E-state index contributed by atoms with van der Waals surface area (Å²) in [6.07, 6.45) is 1.29. The van der Waals surface area contributed by atoms with Gasteiger partial charge in [-0.25, -0.2) is 4.79 Å². The lowest BCUT2D eigenvalue weighted by Crippen LogP contribution is -1.90. The fourth-order valence-electron chi connectivity index (χ4n) is 1.68. The monoisotopic (exact) mass is 316 g/mol. The smallest absolute Gasteiger partial charge is 0.329 e. The van der Waals surface area contributed by atoms with E-state index < -0.39 is 5.97 Å². The molecule has 0 aliphatic rings. The van der Waals surface area contributed by atoms with Crippen LogP contribution in [0.2, 0.25) is 0 Å². The third-order valence-electron chi connectivity index (χ3n) is 2.69. The minimum Gasteiger partial charge on any atom is -0.478 e. The molecule has 0 atom stereocenters. The van der Waals surface area contributed by atoms with Crippen LogP contribution in [0.4, 0.5) is 0 Å². The lowest BCUT2D eigenvalue weighted by atomic mass is 10.2. The molecular formula is C17H16O2S2. The van der Waals surface area contributed by atoms with Gasteiger partial charge in [-0.2, -0.15) is 0 Å². The average molecular weight is 316 g/mol. The molecule has 1 N–H and O–H groups in total. The Morgan fingerprint density at radius 1 is 0.857 bits per heavy atom. The topological polar surface area (TPSA) is 37.3 Å². The van der Waals surface area contributed by atoms with Crippen molar-refractivity contribution >= 4 is 29.5 Å². The van der Waals surface area contributed by atoms with Crippen LogP contribution in [0.3, 0.4) is 0 Å². The maximum Gasteiger partial charge on any atom is 0.329 e. The lowest BCUT2D eigenvalue weighted by Gasteiger charge is -2.07. The first-order valence-corrected chi connectivity index (χ1v) is 8.49. The molecule has 0 spiro atoms. The molecule has 0 saturated carbocycles. The molecule has 2 nitrogen and oxygen atoms in total. The zero-order chi connectivity index (χ0) is 14.9. The fourth-order valence-corrected chi connectivity index (χ4v) is 3.74. The van der Waals surface area contributed by atoms with Crippen LogP contribution in [0.15, 0.2) is 71.0 Å². The quantitative estimate of drug-likeness (QED) is 0.746. The van der Waals surface area contributed by atoms with Crippen molar-refractivity contribution in [1.29, 1.82) is 0 Å². The summed E-state index contributed by atoms with van der Waals surface area (Å²) in [5.41, 5.74) is 2.39. The van der Waals surface area contributed by atoms with E-state index in [0.29, 0.717) is 0 Å². The second-order valence-corrected chi connectivity index (χ2v) is 6.64. The van der Waals surface area contributed by atoms with Gasteiger partial charge in [0.1, 0.15) is 0 Å². The number of benzene rings is 2. The summed E-state index contributed by atoms with van der Waals surface area (Å²) >= 11 is 3.13. The molecule has 0 saturated heterocycles. The Bertz CT molecular complexity index is 549. The van der Waals surface area contributed by atoms with E-state index in [1.54, 1.807) is 23.5 Å². The van der Waals surface area contributed by atoms with Gasteiger partial charge in [-0.1, -0.05) is 60.7 Å². The molecule has 0 radical (unpaired) electrons. The van der Waals surface area contributed by atoms with Gasteiger partial charge in [0.2, 0.25) is 0 Å². The van der Waals surface area contributed by atoms with Gasteiger partial charge in [0.05, 0.1) is 0 Å². The summed E-state index contributed by atoms with van der Waals surface area (Å²) in [6, 6.07) is 20.1. The van der Waals surface area contributed by atoms with Crippen LogP contribution in [-0.4, -0.2) is 11.1 Å². The summed E-state index contributed by atoms with van der Waals surface area (Å²) < 4.78 is 0.829. The number of aliphatic carboxylic acids is 1. The van der Waals surface area contributed by atoms with Crippen LogP contribution >= 0.6 is 23.5 Å². The Balaban J connectivity index is 1.94. The average Bonchev–Trinajstić information content (AvgIpc) is 2.51. The molecule has 4 heteroatoms. The molecule has 0 unspecified atom stereocenters. The lowest BCUT2D eigenvalue weighted by molar-refractivity contribution is -0.131. The van der Waals surface area contributed by atoms with Crippen molar-refractivity contribution in [2.24, 2.45) is 0 Å². The van der Waals surface area contributed by atoms with Crippen molar-refractivity contribution in [1.82, 2.24) is 0 Å². The second kappa shape index (κ2) is 8.60. The number of hydrogen-bond acceptors (Lipinski definition) is 3. The number of hydrogen-bond donors (Lipinski definition) is 1. The Morgan fingerprint density at radius 3 is 1.67 bits per heavy atom. The molecule has 0 heterocycles. The van der Waals surface area contributed by atoms with E-state index in [0.717, 1.165) is 15.7 Å². The molecule has 108 valence electrons. The molecule has 0 fully saturated rings.